The molecule has 0 spiro atoms. The molecule has 0 aliphatic carbocycles. The first-order valence-electron chi connectivity index (χ1n) is 3.83. The fourth-order valence-electron chi connectivity index (χ4n) is 1.12. The average molecular weight is 309 g/mol. The van der Waals surface area contributed by atoms with Crippen molar-refractivity contribution in [2.45, 2.75) is 12.5 Å². The number of nitrogens with two attached hydrogens (primary N) is 1. The molecule has 0 aromatic heterocycles. The molecule has 1 atom stereocenters. The summed E-state index contributed by atoms with van der Waals surface area (Å²) in [6.45, 7) is 1.70. The van der Waals surface area contributed by atoms with Crippen molar-refractivity contribution in [2.75, 3.05) is 6.61 Å². The van der Waals surface area contributed by atoms with Crippen LogP contribution in [-0.4, -0.2) is 11.7 Å². The number of aliphatic hydroxyl groups is 1. The molecule has 0 amide bonds. The highest BCUT2D eigenvalue weighted by molar-refractivity contribution is 9.11. The third kappa shape index (κ3) is 2.31. The minimum Gasteiger partial charge on any atom is -0.394 e. The largest absolute Gasteiger partial charge is 0.394 e. The third-order valence-corrected chi connectivity index (χ3v) is 3.18. The molecule has 3 N–H and O–H groups in total. The van der Waals surface area contributed by atoms with Crippen LogP contribution in [0.2, 0.25) is 0 Å². The van der Waals surface area contributed by atoms with Gasteiger partial charge in [0.25, 0.3) is 0 Å². The van der Waals surface area contributed by atoms with Gasteiger partial charge in [-0.25, -0.2) is 0 Å². The number of halogens is 2. The molecule has 0 radical (unpaired) electrons. The standard InChI is InChI=1S/C9H11Br2NO/c1-9(12,5-13)8-6(10)3-2-4-7(8)11/h2-4,13H,5,12H2,1H3. The zero-order chi connectivity index (χ0) is 10.1. The number of hydrogen-bond acceptors (Lipinski definition) is 2. The van der Waals surface area contributed by atoms with Gasteiger partial charge in [0, 0.05) is 14.5 Å². The van der Waals surface area contributed by atoms with Crippen molar-refractivity contribution in [1.29, 1.82) is 0 Å². The number of aliphatic hydroxyl groups excluding tert-OH is 1. The molecule has 1 unspecified atom stereocenters. The van der Waals surface area contributed by atoms with E-state index >= 15 is 0 Å². The molecule has 4 heteroatoms. The molecule has 0 aliphatic heterocycles. The van der Waals surface area contributed by atoms with Crippen LogP contribution in [0.15, 0.2) is 27.1 Å². The maximum absolute atomic E-state index is 9.13. The van der Waals surface area contributed by atoms with Gasteiger partial charge in [-0.1, -0.05) is 37.9 Å². The molecule has 0 bridgehead atoms. The second-order valence-corrected chi connectivity index (χ2v) is 4.88. The molecule has 0 heterocycles. The van der Waals surface area contributed by atoms with Crippen molar-refractivity contribution in [3.05, 3.63) is 32.7 Å². The first-order valence-corrected chi connectivity index (χ1v) is 5.42. The van der Waals surface area contributed by atoms with E-state index in [-0.39, 0.29) is 6.61 Å². The molecule has 0 fully saturated rings. The van der Waals surface area contributed by atoms with Crippen molar-refractivity contribution in [2.24, 2.45) is 5.73 Å². The Balaban J connectivity index is 3.28. The Morgan fingerprint density at radius 3 is 2.23 bits per heavy atom. The summed E-state index contributed by atoms with van der Waals surface area (Å²) >= 11 is 6.81. The predicted octanol–water partition coefficient (Wildman–Crippen LogP) is 2.38. The lowest BCUT2D eigenvalue weighted by Gasteiger charge is -2.24. The van der Waals surface area contributed by atoms with Gasteiger partial charge in [-0.2, -0.15) is 0 Å². The van der Waals surface area contributed by atoms with E-state index in [2.05, 4.69) is 31.9 Å². The Hall–Kier alpha value is 0.1000. The van der Waals surface area contributed by atoms with Gasteiger partial charge >= 0.3 is 0 Å². The molecule has 1 aromatic carbocycles. The van der Waals surface area contributed by atoms with Crippen LogP contribution in [0.1, 0.15) is 12.5 Å². The summed E-state index contributed by atoms with van der Waals surface area (Å²) in [5, 5.41) is 9.13. The first kappa shape index (κ1) is 11.2. The van der Waals surface area contributed by atoms with Crippen molar-refractivity contribution in [3.63, 3.8) is 0 Å². The second-order valence-electron chi connectivity index (χ2n) is 3.17. The van der Waals surface area contributed by atoms with Gasteiger partial charge in [0.05, 0.1) is 12.1 Å². The minimum atomic E-state index is -0.723. The summed E-state index contributed by atoms with van der Waals surface area (Å²) in [4.78, 5) is 0. The highest BCUT2D eigenvalue weighted by atomic mass is 79.9. The van der Waals surface area contributed by atoms with Gasteiger partial charge < -0.3 is 10.8 Å². The zero-order valence-electron chi connectivity index (χ0n) is 7.22. The Kier molecular flexibility index (Phi) is 3.51. The predicted molar refractivity (Wildman–Crippen MR) is 60.5 cm³/mol. The van der Waals surface area contributed by atoms with Gasteiger partial charge in [-0.15, -0.1) is 0 Å². The molecule has 1 rings (SSSR count). The molecule has 0 aliphatic rings. The number of benzene rings is 1. The molecule has 1 aromatic rings. The van der Waals surface area contributed by atoms with Crippen LogP contribution in [0, 0.1) is 0 Å². The lowest BCUT2D eigenvalue weighted by Crippen LogP contribution is -2.37. The monoisotopic (exact) mass is 307 g/mol. The molecule has 0 saturated heterocycles. The van der Waals surface area contributed by atoms with Crippen LogP contribution in [0.25, 0.3) is 0 Å². The maximum atomic E-state index is 9.13. The molecule has 2 nitrogen and oxygen atoms in total. The highest BCUT2D eigenvalue weighted by Crippen LogP contribution is 2.32. The summed E-state index contributed by atoms with van der Waals surface area (Å²) < 4.78 is 1.81. The van der Waals surface area contributed by atoms with Gasteiger partial charge in [-0.05, 0) is 19.1 Å². The topological polar surface area (TPSA) is 46.2 Å². The smallest absolute Gasteiger partial charge is 0.0651 e. The van der Waals surface area contributed by atoms with Crippen LogP contribution in [0.3, 0.4) is 0 Å². The second kappa shape index (κ2) is 4.09. The SMILES string of the molecule is CC(N)(CO)c1c(Br)cccc1Br. The van der Waals surface area contributed by atoms with E-state index in [0.717, 1.165) is 14.5 Å². The lowest BCUT2D eigenvalue weighted by molar-refractivity contribution is 0.209. The van der Waals surface area contributed by atoms with E-state index in [9.17, 15) is 0 Å². The number of rotatable bonds is 2. The summed E-state index contributed by atoms with van der Waals surface area (Å²) in [6.07, 6.45) is 0. The summed E-state index contributed by atoms with van der Waals surface area (Å²) in [5.74, 6) is 0. The van der Waals surface area contributed by atoms with Crippen molar-refractivity contribution < 1.29 is 5.11 Å². The van der Waals surface area contributed by atoms with E-state index in [1.54, 1.807) is 6.92 Å². The normalized spacial score (nSPS) is 15.5. The Bertz CT molecular complexity index is 292. The van der Waals surface area contributed by atoms with E-state index < -0.39 is 5.54 Å². The molecule has 13 heavy (non-hydrogen) atoms. The molecular weight excluding hydrogens is 298 g/mol. The van der Waals surface area contributed by atoms with Crippen molar-refractivity contribution in [1.82, 2.24) is 0 Å². The molecule has 0 saturated carbocycles. The molecule has 72 valence electrons. The van der Waals surface area contributed by atoms with Crippen molar-refractivity contribution in [3.8, 4) is 0 Å². The van der Waals surface area contributed by atoms with Crippen LogP contribution < -0.4 is 5.73 Å². The fourth-order valence-corrected chi connectivity index (χ4v) is 3.03. The van der Waals surface area contributed by atoms with Crippen LogP contribution >= 0.6 is 31.9 Å². The van der Waals surface area contributed by atoms with Gasteiger partial charge in [0.15, 0.2) is 0 Å². The summed E-state index contributed by atoms with van der Waals surface area (Å²) in [7, 11) is 0. The van der Waals surface area contributed by atoms with E-state index in [0.29, 0.717) is 0 Å². The first-order chi connectivity index (χ1) is 5.99. The minimum absolute atomic E-state index is 0.0891. The average Bonchev–Trinajstić information content (AvgIpc) is 2.03. The summed E-state index contributed by atoms with van der Waals surface area (Å²) in [6, 6.07) is 5.72. The van der Waals surface area contributed by atoms with Crippen LogP contribution in [-0.2, 0) is 5.54 Å². The Morgan fingerprint density at radius 2 is 1.85 bits per heavy atom. The highest BCUT2D eigenvalue weighted by Gasteiger charge is 2.24. The fraction of sp³-hybridized carbons (Fsp3) is 0.333. The third-order valence-electron chi connectivity index (χ3n) is 1.86. The Labute approximate surface area is 94.4 Å². The quantitative estimate of drug-likeness (QED) is 0.881. The van der Waals surface area contributed by atoms with Gasteiger partial charge in [0.2, 0.25) is 0 Å². The van der Waals surface area contributed by atoms with Crippen LogP contribution in [0.5, 0.6) is 0 Å². The maximum Gasteiger partial charge on any atom is 0.0651 e. The van der Waals surface area contributed by atoms with E-state index in [1.807, 2.05) is 18.2 Å². The zero-order valence-corrected chi connectivity index (χ0v) is 10.4. The van der Waals surface area contributed by atoms with Gasteiger partial charge in [-0.3, -0.25) is 0 Å². The van der Waals surface area contributed by atoms with Crippen LogP contribution in [0.4, 0.5) is 0 Å². The van der Waals surface area contributed by atoms with E-state index in [1.165, 1.54) is 0 Å². The van der Waals surface area contributed by atoms with E-state index in [4.69, 9.17) is 10.8 Å². The van der Waals surface area contributed by atoms with Gasteiger partial charge in [0.1, 0.15) is 0 Å². The molecular formula is C9H11Br2NO. The summed E-state index contributed by atoms with van der Waals surface area (Å²) in [5.41, 5.74) is 6.09. The number of hydrogen-bond donors (Lipinski definition) is 2. The Morgan fingerprint density at radius 1 is 1.38 bits per heavy atom. The van der Waals surface area contributed by atoms with Crippen molar-refractivity contribution >= 4 is 31.9 Å². The lowest BCUT2D eigenvalue weighted by atomic mass is 9.94.